The van der Waals surface area contributed by atoms with Crippen LogP contribution in [0, 0.1) is 0 Å². The van der Waals surface area contributed by atoms with Crippen molar-refractivity contribution in [3.63, 3.8) is 0 Å². The van der Waals surface area contributed by atoms with E-state index in [1.165, 1.54) is 16.1 Å². The van der Waals surface area contributed by atoms with Crippen LogP contribution in [0.25, 0.3) is 0 Å². The molecule has 1 aliphatic carbocycles. The maximum Gasteiger partial charge on any atom is 0.243 e. The fourth-order valence-electron chi connectivity index (χ4n) is 3.99. The van der Waals surface area contributed by atoms with E-state index in [-0.39, 0.29) is 30.7 Å². The molecule has 1 heterocycles. The number of hydrogen-bond donors (Lipinski definition) is 1. The third kappa shape index (κ3) is 4.14. The lowest BCUT2D eigenvalue weighted by Gasteiger charge is -2.26. The van der Waals surface area contributed by atoms with Gasteiger partial charge in [-0.25, -0.2) is 5.01 Å². The summed E-state index contributed by atoms with van der Waals surface area (Å²) in [5, 5.41) is 9.07. The molecule has 0 unspecified atom stereocenters. The molecule has 2 aliphatic rings. The van der Waals surface area contributed by atoms with Gasteiger partial charge >= 0.3 is 0 Å². The first kappa shape index (κ1) is 18.4. The van der Waals surface area contributed by atoms with E-state index in [1.807, 2.05) is 42.5 Å². The quantitative estimate of drug-likeness (QED) is 0.868. The second kappa shape index (κ2) is 8.38. The first-order chi connectivity index (χ1) is 13.7. The molecule has 1 atom stereocenters. The number of rotatable bonds is 5. The van der Waals surface area contributed by atoms with E-state index in [0.29, 0.717) is 6.54 Å². The highest BCUT2D eigenvalue weighted by Crippen LogP contribution is 2.29. The Balaban J connectivity index is 1.30. The van der Waals surface area contributed by atoms with E-state index < -0.39 is 0 Å². The van der Waals surface area contributed by atoms with Crippen LogP contribution in [0.15, 0.2) is 59.7 Å². The van der Waals surface area contributed by atoms with E-state index in [1.54, 1.807) is 0 Å². The minimum atomic E-state index is -0.0925. The fraction of sp³-hybridized carbons (Fsp3) is 0.348. The van der Waals surface area contributed by atoms with Crippen LogP contribution in [0.3, 0.4) is 0 Å². The number of amides is 2. The molecule has 1 N–H and O–H groups in total. The zero-order valence-electron chi connectivity index (χ0n) is 15.9. The zero-order chi connectivity index (χ0) is 19.3. The van der Waals surface area contributed by atoms with Gasteiger partial charge in [0.2, 0.25) is 11.8 Å². The lowest BCUT2D eigenvalue weighted by molar-refractivity contribution is -0.133. The van der Waals surface area contributed by atoms with Crippen molar-refractivity contribution >= 4 is 17.5 Å². The SMILES string of the molecule is O=C(CCC(=O)N1CCC(c2ccccc2)=N1)N[C@H]1CCCc2ccccc21. The third-order valence-electron chi connectivity index (χ3n) is 5.47. The highest BCUT2D eigenvalue weighted by molar-refractivity contribution is 6.02. The Morgan fingerprint density at radius 3 is 2.64 bits per heavy atom. The number of carbonyl (C=O) groups is 2. The molecule has 5 heteroatoms. The Bertz CT molecular complexity index is 892. The van der Waals surface area contributed by atoms with E-state index in [2.05, 4.69) is 22.6 Å². The van der Waals surface area contributed by atoms with Crippen molar-refractivity contribution in [1.82, 2.24) is 10.3 Å². The number of hydrogen-bond acceptors (Lipinski definition) is 3. The van der Waals surface area contributed by atoms with Crippen LogP contribution in [0.1, 0.15) is 54.8 Å². The van der Waals surface area contributed by atoms with E-state index in [9.17, 15) is 9.59 Å². The minimum absolute atomic E-state index is 0.0574. The smallest absolute Gasteiger partial charge is 0.243 e. The van der Waals surface area contributed by atoms with Crippen molar-refractivity contribution < 1.29 is 9.59 Å². The van der Waals surface area contributed by atoms with Crippen LogP contribution in [-0.4, -0.2) is 29.1 Å². The number of fused-ring (bicyclic) bond motifs is 1. The van der Waals surface area contributed by atoms with Gasteiger partial charge < -0.3 is 5.32 Å². The summed E-state index contributed by atoms with van der Waals surface area (Å²) in [6.07, 6.45) is 4.23. The Kier molecular flexibility index (Phi) is 5.51. The van der Waals surface area contributed by atoms with Crippen LogP contribution in [0.2, 0.25) is 0 Å². The summed E-state index contributed by atoms with van der Waals surface area (Å²) in [6.45, 7) is 0.584. The van der Waals surface area contributed by atoms with Gasteiger partial charge in [0.05, 0.1) is 18.3 Å². The summed E-state index contributed by atoms with van der Waals surface area (Å²) in [5.41, 5.74) is 4.50. The Morgan fingerprint density at radius 2 is 1.79 bits per heavy atom. The largest absolute Gasteiger partial charge is 0.349 e. The number of carbonyl (C=O) groups excluding carboxylic acids is 2. The average Bonchev–Trinajstić information content (AvgIpc) is 3.23. The van der Waals surface area contributed by atoms with E-state index >= 15 is 0 Å². The summed E-state index contributed by atoms with van der Waals surface area (Å²) < 4.78 is 0. The molecule has 1 aliphatic heterocycles. The number of nitrogens with one attached hydrogen (secondary N) is 1. The van der Waals surface area contributed by atoms with Gasteiger partial charge in [0.15, 0.2) is 0 Å². The first-order valence-electron chi connectivity index (χ1n) is 10.0. The van der Waals surface area contributed by atoms with Crippen LogP contribution in [0.5, 0.6) is 0 Å². The van der Waals surface area contributed by atoms with Crippen LogP contribution in [0.4, 0.5) is 0 Å². The molecule has 144 valence electrons. The Hall–Kier alpha value is -2.95. The number of benzene rings is 2. The minimum Gasteiger partial charge on any atom is -0.349 e. The van der Waals surface area contributed by atoms with Gasteiger partial charge in [-0.15, -0.1) is 0 Å². The molecule has 4 rings (SSSR count). The number of aryl methyl sites for hydroxylation is 1. The van der Waals surface area contributed by atoms with Crippen molar-refractivity contribution in [3.8, 4) is 0 Å². The molecule has 2 aromatic carbocycles. The van der Waals surface area contributed by atoms with Crippen molar-refractivity contribution in [2.45, 2.75) is 44.6 Å². The van der Waals surface area contributed by atoms with Gasteiger partial charge in [-0.05, 0) is 36.0 Å². The molecule has 0 saturated carbocycles. The first-order valence-corrected chi connectivity index (χ1v) is 10.0. The molecule has 5 nitrogen and oxygen atoms in total. The summed E-state index contributed by atoms with van der Waals surface area (Å²) in [6, 6.07) is 18.2. The third-order valence-corrected chi connectivity index (χ3v) is 5.47. The summed E-state index contributed by atoms with van der Waals surface area (Å²) >= 11 is 0. The van der Waals surface area contributed by atoms with Crippen molar-refractivity contribution in [1.29, 1.82) is 0 Å². The molecule has 2 amide bonds. The predicted octanol–water partition coefficient (Wildman–Crippen LogP) is 3.60. The van der Waals surface area contributed by atoms with E-state index in [0.717, 1.165) is 37.0 Å². The normalized spacial score (nSPS) is 18.4. The second-order valence-electron chi connectivity index (χ2n) is 7.39. The molecule has 28 heavy (non-hydrogen) atoms. The van der Waals surface area contributed by atoms with Crippen LogP contribution in [-0.2, 0) is 16.0 Å². The van der Waals surface area contributed by atoms with Crippen molar-refractivity contribution in [3.05, 3.63) is 71.3 Å². The maximum atomic E-state index is 12.5. The molecule has 2 aromatic rings. The topological polar surface area (TPSA) is 61.8 Å². The summed E-state index contributed by atoms with van der Waals surface area (Å²) in [7, 11) is 0. The molecular weight excluding hydrogens is 350 g/mol. The van der Waals surface area contributed by atoms with Crippen LogP contribution >= 0.6 is 0 Å². The van der Waals surface area contributed by atoms with Gasteiger partial charge in [-0.3, -0.25) is 9.59 Å². The van der Waals surface area contributed by atoms with Gasteiger partial charge in [-0.2, -0.15) is 5.10 Å². The monoisotopic (exact) mass is 375 g/mol. The molecule has 0 saturated heterocycles. The maximum absolute atomic E-state index is 12.5. The summed E-state index contributed by atoms with van der Waals surface area (Å²) in [5.74, 6) is -0.161. The lowest BCUT2D eigenvalue weighted by Crippen LogP contribution is -2.32. The van der Waals surface area contributed by atoms with E-state index in [4.69, 9.17) is 0 Å². The molecule has 0 bridgehead atoms. The highest BCUT2D eigenvalue weighted by Gasteiger charge is 2.24. The highest BCUT2D eigenvalue weighted by atomic mass is 16.2. The van der Waals surface area contributed by atoms with Gasteiger partial charge in [0.1, 0.15) is 0 Å². The lowest BCUT2D eigenvalue weighted by atomic mass is 9.87. The van der Waals surface area contributed by atoms with Gasteiger partial charge in [0, 0.05) is 19.3 Å². The predicted molar refractivity (Wildman–Crippen MR) is 109 cm³/mol. The molecule has 0 fully saturated rings. The Labute approximate surface area is 165 Å². The number of nitrogens with zero attached hydrogens (tertiary/aromatic N) is 2. The molecule has 0 spiro atoms. The molecule has 0 radical (unpaired) electrons. The van der Waals surface area contributed by atoms with Crippen LogP contribution < -0.4 is 5.32 Å². The molecule has 0 aromatic heterocycles. The average molecular weight is 375 g/mol. The standard InChI is InChI=1S/C23H25N3O2/c27-22(24-21-12-6-10-17-7-4-5-11-19(17)21)13-14-23(28)26-16-15-20(25-26)18-8-2-1-3-9-18/h1-5,7-9,11,21H,6,10,12-16H2,(H,24,27)/t21-/m0/s1. The van der Waals surface area contributed by atoms with Crippen molar-refractivity contribution in [2.75, 3.05) is 6.54 Å². The number of hydrazone groups is 1. The van der Waals surface area contributed by atoms with Gasteiger partial charge in [0.25, 0.3) is 0 Å². The van der Waals surface area contributed by atoms with Gasteiger partial charge in [-0.1, -0.05) is 54.6 Å². The van der Waals surface area contributed by atoms with Crippen molar-refractivity contribution in [2.24, 2.45) is 5.10 Å². The zero-order valence-corrected chi connectivity index (χ0v) is 15.9. The second-order valence-corrected chi connectivity index (χ2v) is 7.39. The fourth-order valence-corrected chi connectivity index (χ4v) is 3.99. The Morgan fingerprint density at radius 1 is 1.00 bits per heavy atom. The molecular formula is C23H25N3O2. The summed E-state index contributed by atoms with van der Waals surface area (Å²) in [4.78, 5) is 24.9.